The van der Waals surface area contributed by atoms with E-state index in [0.29, 0.717) is 45.8 Å². The third kappa shape index (κ3) is 8.26. The van der Waals surface area contributed by atoms with E-state index < -0.39 is 6.17 Å². The highest BCUT2D eigenvalue weighted by molar-refractivity contribution is 6.12. The zero-order valence-corrected chi connectivity index (χ0v) is 45.2. The number of ether oxygens (including phenoxy) is 4. The van der Waals surface area contributed by atoms with Crippen LogP contribution >= 0.6 is 0 Å². The molecule has 0 saturated heterocycles. The van der Waals surface area contributed by atoms with Gasteiger partial charge in [0.2, 0.25) is 0 Å². The van der Waals surface area contributed by atoms with Gasteiger partial charge in [0.05, 0.1) is 21.9 Å². The van der Waals surface area contributed by atoms with Crippen molar-refractivity contribution in [3.63, 3.8) is 0 Å². The van der Waals surface area contributed by atoms with Gasteiger partial charge in [-0.3, -0.25) is 0 Å². The van der Waals surface area contributed by atoms with Crippen molar-refractivity contribution in [2.24, 2.45) is 57.3 Å². The van der Waals surface area contributed by atoms with Crippen molar-refractivity contribution in [3.8, 4) is 45.8 Å². The second-order valence-electron chi connectivity index (χ2n) is 23.1. The molecule has 4 aromatic carbocycles. The molecule has 3 aliphatic heterocycles. The van der Waals surface area contributed by atoms with E-state index in [0.717, 1.165) is 61.0 Å². The van der Waals surface area contributed by atoms with E-state index in [2.05, 4.69) is 186 Å². The van der Waals surface area contributed by atoms with Gasteiger partial charge >= 0.3 is 0 Å². The Bertz CT molecular complexity index is 3350. The predicted molar refractivity (Wildman–Crippen MR) is 290 cm³/mol. The average molecular weight is 971 g/mol. The smallest absolute Gasteiger partial charge is 0.168 e. The molecule has 3 aliphatic rings. The van der Waals surface area contributed by atoms with E-state index in [1.165, 1.54) is 0 Å². The summed E-state index contributed by atoms with van der Waals surface area (Å²) in [5.74, 6) is 7.27. The third-order valence-electron chi connectivity index (χ3n) is 14.8. The molecule has 0 radical (unpaired) electrons. The van der Waals surface area contributed by atoms with Gasteiger partial charge in [0.1, 0.15) is 59.4 Å². The maximum absolute atomic E-state index is 7.23. The Labute approximate surface area is 425 Å². The number of aliphatic imine (C=N–C) groups is 1. The monoisotopic (exact) mass is 971 g/mol. The first kappa shape index (κ1) is 49.2. The van der Waals surface area contributed by atoms with Crippen molar-refractivity contribution in [1.29, 1.82) is 0 Å². The molecule has 1 unspecified atom stereocenters. The molecule has 0 fully saturated rings. The zero-order chi connectivity index (χ0) is 51.2. The van der Waals surface area contributed by atoms with Gasteiger partial charge in [-0.15, -0.1) is 0 Å². The van der Waals surface area contributed by atoms with Gasteiger partial charge in [0, 0.05) is 21.9 Å². The van der Waals surface area contributed by atoms with Gasteiger partial charge < -0.3 is 24.3 Å². The topological polar surface area (TPSA) is 121 Å². The van der Waals surface area contributed by atoms with Crippen molar-refractivity contribution in [1.82, 2.24) is 29.3 Å². The number of hydrogen-bond acceptors (Lipinski definition) is 10. The summed E-state index contributed by atoms with van der Waals surface area (Å²) in [7, 11) is 0. The van der Waals surface area contributed by atoms with E-state index in [9.17, 15) is 0 Å². The van der Waals surface area contributed by atoms with Crippen LogP contribution in [0.15, 0.2) is 82.8 Å². The number of amidine groups is 1. The molecule has 1 atom stereocenters. The van der Waals surface area contributed by atoms with Crippen molar-refractivity contribution in [3.05, 3.63) is 89.4 Å². The highest BCUT2D eigenvalue weighted by Crippen LogP contribution is 2.46. The van der Waals surface area contributed by atoms with Crippen LogP contribution in [-0.2, 0) is 0 Å². The van der Waals surface area contributed by atoms with E-state index >= 15 is 0 Å². The average Bonchev–Trinajstić information content (AvgIpc) is 4.05. The molecule has 4 bridgehead atoms. The Hall–Kier alpha value is -6.43. The molecule has 378 valence electrons. The van der Waals surface area contributed by atoms with Crippen molar-refractivity contribution >= 4 is 44.5 Å². The number of nitrogens with one attached hydrogen (secondary N) is 1. The van der Waals surface area contributed by atoms with Gasteiger partial charge in [0.15, 0.2) is 34.2 Å². The Kier molecular flexibility index (Phi) is 12.9. The highest BCUT2D eigenvalue weighted by Gasteiger charge is 2.36. The maximum atomic E-state index is 7.23. The largest absolute Gasteiger partial charge is 0.489 e. The molecule has 1 N–H and O–H groups in total. The summed E-state index contributed by atoms with van der Waals surface area (Å²) in [6.45, 7) is 35.5. The first-order valence-electron chi connectivity index (χ1n) is 26.6. The molecule has 72 heavy (non-hydrogen) atoms. The van der Waals surface area contributed by atoms with Crippen LogP contribution in [0, 0.1) is 47.3 Å². The number of rotatable bonds is 16. The van der Waals surface area contributed by atoms with Crippen LogP contribution in [0.25, 0.3) is 55.6 Å². The fourth-order valence-corrected chi connectivity index (χ4v) is 11.8. The third-order valence-corrected chi connectivity index (χ3v) is 14.8. The summed E-state index contributed by atoms with van der Waals surface area (Å²) in [6.07, 6.45) is -0.799. The molecule has 6 heterocycles. The van der Waals surface area contributed by atoms with Crippen molar-refractivity contribution < 1.29 is 18.9 Å². The molecule has 3 aromatic heterocycles. The number of aromatic nitrogens is 5. The summed E-state index contributed by atoms with van der Waals surface area (Å²) in [5, 5.41) is 7.15. The Morgan fingerprint density at radius 2 is 0.903 bits per heavy atom. The van der Waals surface area contributed by atoms with E-state index in [-0.39, 0.29) is 71.8 Å². The molecule has 0 spiro atoms. The van der Waals surface area contributed by atoms with Crippen molar-refractivity contribution in [2.45, 2.75) is 141 Å². The van der Waals surface area contributed by atoms with Crippen LogP contribution < -0.4 is 29.8 Å². The highest BCUT2D eigenvalue weighted by atomic mass is 16.5. The number of fused-ring (bicyclic) bond motifs is 16. The number of hydrogen-bond donors (Lipinski definition) is 1. The van der Waals surface area contributed by atoms with Crippen LogP contribution in [-0.4, -0.2) is 54.2 Å². The molecule has 12 heteroatoms. The zero-order valence-electron chi connectivity index (χ0n) is 45.2. The van der Waals surface area contributed by atoms with Gasteiger partial charge in [0.25, 0.3) is 0 Å². The number of benzene rings is 4. The molecule has 7 aromatic rings. The maximum Gasteiger partial charge on any atom is 0.168 e. The van der Waals surface area contributed by atoms with Crippen LogP contribution in [0.1, 0.15) is 128 Å². The lowest BCUT2D eigenvalue weighted by Gasteiger charge is -2.27. The van der Waals surface area contributed by atoms with E-state index in [1.807, 2.05) is 12.1 Å². The lowest BCUT2D eigenvalue weighted by atomic mass is 9.96. The van der Waals surface area contributed by atoms with E-state index in [4.69, 9.17) is 43.9 Å². The molecular weight excluding hydrogens is 897 g/mol. The van der Waals surface area contributed by atoms with Crippen LogP contribution in [0.5, 0.6) is 23.0 Å². The fourth-order valence-electron chi connectivity index (χ4n) is 11.8. The lowest BCUT2D eigenvalue weighted by molar-refractivity contribution is 0.105. The predicted octanol–water partition coefficient (Wildman–Crippen LogP) is 13.7. The molecule has 12 nitrogen and oxygen atoms in total. The molecule has 0 aliphatic carbocycles. The fraction of sp³-hybridized carbons (Fsp3) is 0.483. The van der Waals surface area contributed by atoms with Crippen LogP contribution in [0.4, 0.5) is 5.82 Å². The van der Waals surface area contributed by atoms with Gasteiger partial charge in [-0.05, 0) is 71.6 Å². The summed E-state index contributed by atoms with van der Waals surface area (Å²) in [4.78, 5) is 28.4. The summed E-state index contributed by atoms with van der Waals surface area (Å²) in [5.41, 5.74) is 5.34. The lowest BCUT2D eigenvalue weighted by Crippen LogP contribution is -2.29. The summed E-state index contributed by atoms with van der Waals surface area (Å²) >= 11 is 0. The quantitative estimate of drug-likeness (QED) is 0.102. The number of nitrogens with zero attached hydrogens (tertiary/aromatic N) is 7. The van der Waals surface area contributed by atoms with E-state index in [1.54, 1.807) is 0 Å². The minimum absolute atomic E-state index is 0.0306. The van der Waals surface area contributed by atoms with Crippen molar-refractivity contribution in [2.75, 3.05) is 0 Å². The molecule has 0 amide bonds. The second kappa shape index (κ2) is 18.9. The van der Waals surface area contributed by atoms with Crippen LogP contribution in [0.3, 0.4) is 0 Å². The molecule has 10 rings (SSSR count). The Balaban J connectivity index is 1.42. The normalized spacial score (nSPS) is 16.1. The second-order valence-corrected chi connectivity index (χ2v) is 23.1. The Morgan fingerprint density at radius 1 is 0.444 bits per heavy atom. The Morgan fingerprint density at radius 3 is 1.46 bits per heavy atom. The standard InChI is InChI=1S/C60H74N8O4/c1-29(2)49(30(3)4)69-41-25-17-21-37-45(41)55-61-53(37)63-59-48-40(24-20-28-44(48)72-52(35(13)14)36(15)16)58-66-56-46-38(22-18-26-42(46)70-50(31(5)6)32(7)8)54(62-56)64-60-47-39(57(65-55)67(60)68(58)59)23-19-27-43(47)71-51(33(9)10)34(11)12/h17-36,49-53H,1-16H3,(H,61,65)/b63-59-,64-54?,66-58?. The van der Waals surface area contributed by atoms with Gasteiger partial charge in [-0.2, -0.15) is 0 Å². The molecule has 0 saturated carbocycles. The first-order chi connectivity index (χ1) is 34.3. The van der Waals surface area contributed by atoms with Gasteiger partial charge in [-0.25, -0.2) is 34.0 Å². The minimum Gasteiger partial charge on any atom is -0.489 e. The summed E-state index contributed by atoms with van der Waals surface area (Å²) < 4.78 is 32.7. The SMILES string of the molecule is CC(C)C(Oc1cccc2c1/C1=N/c3c4cccc(OC(C(C)C)C(C)C)c4c4nc5nc(nc6c7cccc(OC(C(C)C)C(C)C)c7/c(n6n34)=N/C2N1)-c1c(OC(C(C)C)C(C)C)cccc1-5)C(C)C. The van der Waals surface area contributed by atoms with Crippen LogP contribution in [0.2, 0.25) is 0 Å². The first-order valence-corrected chi connectivity index (χ1v) is 26.6. The van der Waals surface area contributed by atoms with Gasteiger partial charge in [-0.1, -0.05) is 159 Å². The molecular formula is C60H74N8O4. The summed E-state index contributed by atoms with van der Waals surface area (Å²) in [6, 6.07) is 24.9. The minimum atomic E-state index is -0.548.